The third-order valence-corrected chi connectivity index (χ3v) is 6.03. The van der Waals surface area contributed by atoms with E-state index in [1.54, 1.807) is 59.1 Å². The molecule has 0 saturated heterocycles. The lowest BCUT2D eigenvalue weighted by atomic mass is 9.93. The number of primary amides is 1. The lowest BCUT2D eigenvalue weighted by Crippen LogP contribution is -2.52. The van der Waals surface area contributed by atoms with Crippen molar-refractivity contribution in [3.05, 3.63) is 59.2 Å². The summed E-state index contributed by atoms with van der Waals surface area (Å²) >= 11 is 0. The van der Waals surface area contributed by atoms with Crippen LogP contribution in [-0.4, -0.2) is 54.0 Å². The smallest absolute Gasteiger partial charge is 0.408 e. The van der Waals surface area contributed by atoms with Crippen LogP contribution < -0.4 is 21.1 Å². The minimum absolute atomic E-state index is 0.0521. The Morgan fingerprint density at radius 1 is 1.00 bits per heavy atom. The first-order valence-electron chi connectivity index (χ1n) is 12.9. The highest BCUT2D eigenvalue weighted by Crippen LogP contribution is 2.30. The molecule has 0 radical (unpaired) electrons. The van der Waals surface area contributed by atoms with E-state index in [4.69, 9.17) is 15.2 Å². The first kappa shape index (κ1) is 31.1. The second kappa shape index (κ2) is 13.6. The van der Waals surface area contributed by atoms with Gasteiger partial charge in [0.1, 0.15) is 23.4 Å². The number of methoxy groups -OCH3 is 1. The number of hydrogen-bond acceptors (Lipinski definition) is 6. The minimum Gasteiger partial charge on any atom is -0.497 e. The summed E-state index contributed by atoms with van der Waals surface area (Å²) in [6, 6.07) is 10.3. The lowest BCUT2D eigenvalue weighted by Gasteiger charge is -2.35. The van der Waals surface area contributed by atoms with Gasteiger partial charge in [0.05, 0.1) is 7.11 Å². The van der Waals surface area contributed by atoms with E-state index in [9.17, 15) is 19.2 Å². The zero-order valence-corrected chi connectivity index (χ0v) is 23.8. The molecule has 0 saturated carbocycles. The summed E-state index contributed by atoms with van der Waals surface area (Å²) in [5.41, 5.74) is 7.39. The van der Waals surface area contributed by atoms with E-state index in [1.165, 1.54) is 4.90 Å². The van der Waals surface area contributed by atoms with E-state index in [0.29, 0.717) is 17.0 Å². The number of carbonyl (C=O) groups is 4. The average Bonchev–Trinajstić information content (AvgIpc) is 2.84. The lowest BCUT2D eigenvalue weighted by molar-refractivity contribution is -0.140. The maximum absolute atomic E-state index is 14.0. The number of likely N-dealkylation sites (N-methyl/N-ethyl adjacent to an activating group) is 1. The second-order valence-corrected chi connectivity index (χ2v) is 10.3. The monoisotopic (exact) mass is 540 g/mol. The van der Waals surface area contributed by atoms with Crippen LogP contribution in [0, 0.1) is 13.8 Å². The zero-order valence-electron chi connectivity index (χ0n) is 23.8. The van der Waals surface area contributed by atoms with E-state index in [1.807, 2.05) is 32.0 Å². The van der Waals surface area contributed by atoms with E-state index in [2.05, 4.69) is 10.6 Å². The van der Waals surface area contributed by atoms with Crippen LogP contribution >= 0.6 is 0 Å². The number of ether oxygens (including phenoxy) is 2. The summed E-state index contributed by atoms with van der Waals surface area (Å²) in [5, 5.41) is 5.48. The Bertz CT molecular complexity index is 1150. The molecule has 0 heterocycles. The third-order valence-electron chi connectivity index (χ3n) is 6.03. The van der Waals surface area contributed by atoms with Crippen LogP contribution in [0.1, 0.15) is 63.3 Å². The molecule has 2 aromatic rings. The zero-order chi connectivity index (χ0) is 29.3. The molecule has 2 atom stereocenters. The molecule has 0 spiro atoms. The fraction of sp³-hybridized carbons (Fsp3) is 0.448. The first-order valence-corrected chi connectivity index (χ1v) is 12.9. The number of amides is 4. The number of anilines is 1. The van der Waals surface area contributed by atoms with Crippen molar-refractivity contribution in [2.24, 2.45) is 5.73 Å². The van der Waals surface area contributed by atoms with E-state index in [-0.39, 0.29) is 19.4 Å². The number of hydrogen-bond donors (Lipinski definition) is 3. The van der Waals surface area contributed by atoms with Gasteiger partial charge >= 0.3 is 6.09 Å². The van der Waals surface area contributed by atoms with Crippen LogP contribution in [0.25, 0.3) is 0 Å². The summed E-state index contributed by atoms with van der Waals surface area (Å²) in [5.74, 6) is -0.957. The van der Waals surface area contributed by atoms with Crippen LogP contribution in [0.4, 0.5) is 10.5 Å². The topological polar surface area (TPSA) is 140 Å². The summed E-state index contributed by atoms with van der Waals surface area (Å²) in [4.78, 5) is 53.4. The summed E-state index contributed by atoms with van der Waals surface area (Å²) < 4.78 is 10.5. The molecule has 2 aromatic carbocycles. The van der Waals surface area contributed by atoms with Gasteiger partial charge in [-0.05, 0) is 88.9 Å². The summed E-state index contributed by atoms with van der Waals surface area (Å²) in [6.45, 7) is 10.7. The Morgan fingerprint density at radius 2 is 1.59 bits per heavy atom. The van der Waals surface area contributed by atoms with Crippen LogP contribution in [-0.2, 0) is 19.1 Å². The number of rotatable bonds is 11. The molecule has 0 aliphatic heterocycles. The normalized spacial score (nSPS) is 12.6. The van der Waals surface area contributed by atoms with Gasteiger partial charge in [0, 0.05) is 18.7 Å². The molecule has 0 bridgehead atoms. The van der Waals surface area contributed by atoms with E-state index in [0.717, 1.165) is 11.1 Å². The Kier molecular flexibility index (Phi) is 10.9. The summed E-state index contributed by atoms with van der Waals surface area (Å²) in [6.07, 6.45) is -1.01. The van der Waals surface area contributed by atoms with Crippen LogP contribution in [0.15, 0.2) is 42.5 Å². The number of nitrogens with one attached hydrogen (secondary N) is 2. The van der Waals surface area contributed by atoms with Gasteiger partial charge in [0.25, 0.3) is 5.91 Å². The van der Waals surface area contributed by atoms with Gasteiger partial charge in [0.15, 0.2) is 0 Å². The highest BCUT2D eigenvalue weighted by atomic mass is 16.6. The van der Waals surface area contributed by atoms with Gasteiger partial charge < -0.3 is 30.7 Å². The van der Waals surface area contributed by atoms with E-state index >= 15 is 0 Å². The Labute approximate surface area is 230 Å². The van der Waals surface area contributed by atoms with Gasteiger partial charge in [-0.1, -0.05) is 18.2 Å². The van der Waals surface area contributed by atoms with E-state index < -0.39 is 41.5 Å². The quantitative estimate of drug-likeness (QED) is 0.394. The Hall–Kier alpha value is -4.08. The van der Waals surface area contributed by atoms with Crippen LogP contribution in [0.2, 0.25) is 0 Å². The second-order valence-electron chi connectivity index (χ2n) is 10.3. The van der Waals surface area contributed by atoms with Crippen molar-refractivity contribution in [3.8, 4) is 5.75 Å². The number of alkyl carbamates (subject to hydrolysis) is 1. The maximum Gasteiger partial charge on any atom is 0.408 e. The summed E-state index contributed by atoms with van der Waals surface area (Å²) in [7, 11) is 1.55. The van der Waals surface area contributed by atoms with Crippen LogP contribution in [0.5, 0.6) is 5.75 Å². The van der Waals surface area contributed by atoms with Crippen molar-refractivity contribution in [1.82, 2.24) is 10.2 Å². The molecule has 0 fully saturated rings. The fourth-order valence-corrected chi connectivity index (χ4v) is 4.23. The Balaban J connectivity index is 2.51. The molecule has 2 unspecified atom stereocenters. The largest absolute Gasteiger partial charge is 0.497 e. The van der Waals surface area contributed by atoms with Crippen molar-refractivity contribution < 1.29 is 28.7 Å². The predicted molar refractivity (Wildman–Crippen MR) is 149 cm³/mol. The van der Waals surface area contributed by atoms with Crippen molar-refractivity contribution >= 4 is 29.5 Å². The number of nitrogens with zero attached hydrogens (tertiary/aromatic N) is 1. The van der Waals surface area contributed by atoms with Crippen molar-refractivity contribution in [1.29, 1.82) is 0 Å². The predicted octanol–water partition coefficient (Wildman–Crippen LogP) is 4.00. The van der Waals surface area contributed by atoms with Gasteiger partial charge in [0.2, 0.25) is 11.8 Å². The standard InChI is InChI=1S/C29H40N4O6/c1-8-33(27(36)22(16-17-23(30)34)32-28(37)39-29(4,5)6)25(24-18(2)10-9-11-19(24)3)26(35)31-20-12-14-21(38-7)15-13-20/h9-15,22,25H,8,16-17H2,1-7H3,(H2,30,34)(H,31,35)(H,32,37). The molecule has 2 rings (SSSR count). The number of benzene rings is 2. The molecule has 10 heteroatoms. The number of nitrogens with two attached hydrogens (primary N) is 1. The number of carbonyl (C=O) groups excluding carboxylic acids is 4. The van der Waals surface area contributed by atoms with Gasteiger partial charge in [-0.15, -0.1) is 0 Å². The molecule has 10 nitrogen and oxygen atoms in total. The molecule has 39 heavy (non-hydrogen) atoms. The average molecular weight is 541 g/mol. The van der Waals surface area contributed by atoms with Crippen molar-refractivity contribution in [2.75, 3.05) is 19.0 Å². The van der Waals surface area contributed by atoms with Gasteiger partial charge in [-0.2, -0.15) is 0 Å². The molecule has 212 valence electrons. The molecule has 0 aliphatic rings. The third kappa shape index (κ3) is 9.01. The molecular formula is C29H40N4O6. The molecular weight excluding hydrogens is 500 g/mol. The molecule has 0 aromatic heterocycles. The fourth-order valence-electron chi connectivity index (χ4n) is 4.23. The highest BCUT2D eigenvalue weighted by molar-refractivity contribution is 5.99. The first-order chi connectivity index (χ1) is 18.3. The molecule has 0 aliphatic carbocycles. The highest BCUT2D eigenvalue weighted by Gasteiger charge is 2.37. The van der Waals surface area contributed by atoms with Crippen LogP contribution in [0.3, 0.4) is 0 Å². The molecule has 4 amide bonds. The minimum atomic E-state index is -1.15. The Morgan fingerprint density at radius 3 is 2.08 bits per heavy atom. The van der Waals surface area contributed by atoms with Gasteiger partial charge in [-0.25, -0.2) is 4.79 Å². The maximum atomic E-state index is 14.0. The van der Waals surface area contributed by atoms with Gasteiger partial charge in [-0.3, -0.25) is 14.4 Å². The van der Waals surface area contributed by atoms with Crippen molar-refractivity contribution in [2.45, 2.75) is 72.1 Å². The molecule has 4 N–H and O–H groups in total. The van der Waals surface area contributed by atoms with Crippen molar-refractivity contribution in [3.63, 3.8) is 0 Å². The SMILES string of the molecule is CCN(C(=O)C(CCC(N)=O)NC(=O)OC(C)(C)C)C(C(=O)Nc1ccc(OC)cc1)c1c(C)cccc1C. The number of aryl methyl sites for hydroxylation is 2.